The standard InChI is InChI=1S/C6H12O5.C5H6O/c1-3(8)5(10)6(11)4(9)2-7;1-2-4-6-5-3-1/h2-6,8-11H,1H3;1-4H,5H2/t3-,4-,5-,6-;/m0./s1. The van der Waals surface area contributed by atoms with Crippen molar-refractivity contribution in [2.75, 3.05) is 6.61 Å². The predicted molar refractivity (Wildman–Crippen MR) is 60.0 cm³/mol. The molecule has 0 bridgehead atoms. The molecule has 0 unspecified atom stereocenters. The van der Waals surface area contributed by atoms with E-state index >= 15 is 0 Å². The van der Waals surface area contributed by atoms with Crippen molar-refractivity contribution in [1.29, 1.82) is 0 Å². The lowest BCUT2D eigenvalue weighted by Crippen LogP contribution is -2.43. The molecule has 0 aromatic rings. The van der Waals surface area contributed by atoms with Crippen molar-refractivity contribution in [3.63, 3.8) is 0 Å². The Balaban J connectivity index is 0.000000354. The number of rotatable bonds is 4. The topological polar surface area (TPSA) is 107 Å². The number of hydrogen-bond acceptors (Lipinski definition) is 6. The lowest BCUT2D eigenvalue weighted by molar-refractivity contribution is -0.132. The van der Waals surface area contributed by atoms with Crippen molar-refractivity contribution in [3.05, 3.63) is 24.5 Å². The van der Waals surface area contributed by atoms with E-state index < -0.39 is 24.4 Å². The van der Waals surface area contributed by atoms with Crippen molar-refractivity contribution >= 4 is 6.29 Å². The van der Waals surface area contributed by atoms with Crippen LogP contribution in [0.25, 0.3) is 0 Å². The van der Waals surface area contributed by atoms with Crippen molar-refractivity contribution in [2.45, 2.75) is 31.3 Å². The number of carbonyl (C=O) groups excluding carboxylic acids is 1. The van der Waals surface area contributed by atoms with Gasteiger partial charge in [-0.25, -0.2) is 0 Å². The molecule has 1 aliphatic heterocycles. The van der Waals surface area contributed by atoms with Crippen LogP contribution in [0, 0.1) is 0 Å². The minimum Gasteiger partial charge on any atom is -0.497 e. The normalized spacial score (nSPS) is 20.3. The van der Waals surface area contributed by atoms with Gasteiger partial charge >= 0.3 is 0 Å². The van der Waals surface area contributed by atoms with E-state index in [0.717, 1.165) is 6.61 Å². The molecule has 0 aliphatic carbocycles. The zero-order valence-electron chi connectivity index (χ0n) is 9.51. The number of hydrogen-bond donors (Lipinski definition) is 4. The van der Waals surface area contributed by atoms with Crippen LogP contribution >= 0.6 is 0 Å². The van der Waals surface area contributed by atoms with Crippen LogP contribution < -0.4 is 0 Å². The quantitative estimate of drug-likeness (QED) is 0.461. The molecule has 0 aromatic carbocycles. The summed E-state index contributed by atoms with van der Waals surface area (Å²) < 4.78 is 4.80. The van der Waals surface area contributed by atoms with Crippen LogP contribution in [0.4, 0.5) is 0 Å². The number of allylic oxidation sites excluding steroid dienone is 2. The van der Waals surface area contributed by atoms with Gasteiger partial charge in [0.05, 0.1) is 12.4 Å². The van der Waals surface area contributed by atoms with Crippen LogP contribution in [0.15, 0.2) is 24.5 Å². The minimum absolute atomic E-state index is 0.0935. The van der Waals surface area contributed by atoms with Gasteiger partial charge in [-0.1, -0.05) is 6.08 Å². The van der Waals surface area contributed by atoms with Gasteiger partial charge in [0, 0.05) is 0 Å². The Labute approximate surface area is 99.5 Å². The summed E-state index contributed by atoms with van der Waals surface area (Å²) >= 11 is 0. The van der Waals surface area contributed by atoms with Gasteiger partial charge in [-0.2, -0.15) is 0 Å². The average Bonchev–Trinajstić information content (AvgIpc) is 2.38. The van der Waals surface area contributed by atoms with E-state index in [4.69, 9.17) is 25.2 Å². The first-order valence-electron chi connectivity index (χ1n) is 5.11. The number of ether oxygens (including phenoxy) is 1. The Bertz CT molecular complexity index is 249. The second-order valence-corrected chi connectivity index (χ2v) is 3.44. The molecule has 98 valence electrons. The summed E-state index contributed by atoms with van der Waals surface area (Å²) in [5, 5.41) is 35.1. The third kappa shape index (κ3) is 6.85. The molecule has 0 saturated heterocycles. The van der Waals surface area contributed by atoms with E-state index in [9.17, 15) is 4.79 Å². The maximum absolute atomic E-state index is 9.87. The molecule has 0 fully saturated rings. The summed E-state index contributed by atoms with van der Waals surface area (Å²) in [5.74, 6) is 0. The molecule has 4 atom stereocenters. The van der Waals surface area contributed by atoms with Crippen LogP contribution in [0.5, 0.6) is 0 Å². The fourth-order valence-electron chi connectivity index (χ4n) is 0.914. The van der Waals surface area contributed by atoms with Crippen LogP contribution in [-0.4, -0.2) is 57.7 Å². The molecule has 1 rings (SSSR count). The van der Waals surface area contributed by atoms with Crippen LogP contribution in [0.1, 0.15) is 6.92 Å². The van der Waals surface area contributed by atoms with Gasteiger partial charge in [0.25, 0.3) is 0 Å². The van der Waals surface area contributed by atoms with Gasteiger partial charge in [0.15, 0.2) is 6.29 Å². The second kappa shape index (κ2) is 8.89. The molecular weight excluding hydrogens is 228 g/mol. The summed E-state index contributed by atoms with van der Waals surface area (Å²) in [5.41, 5.74) is 0. The number of aliphatic hydroxyl groups is 4. The summed E-state index contributed by atoms with van der Waals surface area (Å²) in [6, 6.07) is 0. The summed E-state index contributed by atoms with van der Waals surface area (Å²) in [6.07, 6.45) is 1.59. The van der Waals surface area contributed by atoms with E-state index in [2.05, 4.69) is 0 Å². The minimum atomic E-state index is -1.65. The Kier molecular flexibility index (Phi) is 8.25. The van der Waals surface area contributed by atoms with Crippen molar-refractivity contribution < 1.29 is 30.0 Å². The van der Waals surface area contributed by atoms with Gasteiger partial charge in [-0.05, 0) is 19.1 Å². The van der Waals surface area contributed by atoms with E-state index in [-0.39, 0.29) is 6.29 Å². The van der Waals surface area contributed by atoms with Crippen molar-refractivity contribution in [2.24, 2.45) is 0 Å². The number of carbonyl (C=O) groups is 1. The molecule has 0 amide bonds. The van der Waals surface area contributed by atoms with Crippen LogP contribution in [0.3, 0.4) is 0 Å². The highest BCUT2D eigenvalue weighted by Gasteiger charge is 2.27. The van der Waals surface area contributed by atoms with Crippen LogP contribution in [0.2, 0.25) is 0 Å². The highest BCUT2D eigenvalue weighted by molar-refractivity contribution is 5.56. The average molecular weight is 246 g/mol. The molecule has 1 aliphatic rings. The Morgan fingerprint density at radius 2 is 1.82 bits per heavy atom. The van der Waals surface area contributed by atoms with Gasteiger partial charge in [-0.3, -0.25) is 0 Å². The molecule has 1 heterocycles. The van der Waals surface area contributed by atoms with Crippen LogP contribution in [-0.2, 0) is 9.53 Å². The Hall–Kier alpha value is -1.21. The fourth-order valence-corrected chi connectivity index (χ4v) is 0.914. The van der Waals surface area contributed by atoms with Gasteiger partial charge in [0.1, 0.15) is 24.9 Å². The zero-order chi connectivity index (χ0) is 13.3. The number of aliphatic hydroxyl groups excluding tert-OH is 4. The third-order valence-electron chi connectivity index (χ3n) is 1.95. The molecule has 0 saturated carbocycles. The molecule has 0 spiro atoms. The fraction of sp³-hybridized carbons (Fsp3) is 0.545. The first kappa shape index (κ1) is 15.8. The summed E-state index contributed by atoms with van der Waals surface area (Å²) in [6.45, 7) is 1.97. The first-order valence-corrected chi connectivity index (χ1v) is 5.11. The number of aldehydes is 1. The molecule has 0 radical (unpaired) electrons. The lowest BCUT2D eigenvalue weighted by atomic mass is 10.1. The predicted octanol–water partition coefficient (Wildman–Crippen LogP) is -1.26. The smallest absolute Gasteiger partial charge is 0.151 e. The summed E-state index contributed by atoms with van der Waals surface area (Å²) in [4.78, 5) is 9.87. The zero-order valence-corrected chi connectivity index (χ0v) is 9.51. The second-order valence-electron chi connectivity index (χ2n) is 3.44. The highest BCUT2D eigenvalue weighted by Crippen LogP contribution is 2.02. The monoisotopic (exact) mass is 246 g/mol. The van der Waals surface area contributed by atoms with Gasteiger partial charge < -0.3 is 30.0 Å². The van der Waals surface area contributed by atoms with E-state index in [1.807, 2.05) is 18.2 Å². The maximum Gasteiger partial charge on any atom is 0.151 e. The SMILES string of the molecule is C1=CCOC=C1.C[C@H](O)[C@H](O)[C@@H](O)[C@@H](O)C=O. The summed E-state index contributed by atoms with van der Waals surface area (Å²) in [7, 11) is 0. The first-order chi connectivity index (χ1) is 8.00. The highest BCUT2D eigenvalue weighted by atomic mass is 16.5. The molecule has 17 heavy (non-hydrogen) atoms. The van der Waals surface area contributed by atoms with E-state index in [1.54, 1.807) is 6.26 Å². The molecule has 4 N–H and O–H groups in total. The van der Waals surface area contributed by atoms with Gasteiger partial charge in [-0.15, -0.1) is 0 Å². The molecule has 6 nitrogen and oxygen atoms in total. The van der Waals surface area contributed by atoms with Crippen molar-refractivity contribution in [3.8, 4) is 0 Å². The lowest BCUT2D eigenvalue weighted by Gasteiger charge is -2.21. The molecule has 6 heteroatoms. The third-order valence-corrected chi connectivity index (χ3v) is 1.95. The molecular formula is C11H18O6. The van der Waals surface area contributed by atoms with Crippen molar-refractivity contribution in [1.82, 2.24) is 0 Å². The largest absolute Gasteiger partial charge is 0.497 e. The Morgan fingerprint density at radius 1 is 1.18 bits per heavy atom. The van der Waals surface area contributed by atoms with E-state index in [0.29, 0.717) is 0 Å². The Morgan fingerprint density at radius 3 is 2.06 bits per heavy atom. The molecule has 0 aromatic heterocycles. The van der Waals surface area contributed by atoms with Gasteiger partial charge in [0.2, 0.25) is 0 Å². The van der Waals surface area contributed by atoms with E-state index in [1.165, 1.54) is 6.92 Å². The maximum atomic E-state index is 9.87.